The molecule has 1 aromatic rings. The summed E-state index contributed by atoms with van der Waals surface area (Å²) in [4.78, 5) is 23.0. The molecule has 0 spiro atoms. The van der Waals surface area contributed by atoms with Gasteiger partial charge in [0.25, 0.3) is 5.91 Å². The lowest BCUT2D eigenvalue weighted by Crippen LogP contribution is -2.46. The molecule has 0 radical (unpaired) electrons. The van der Waals surface area contributed by atoms with Crippen molar-refractivity contribution in [2.75, 3.05) is 13.2 Å². The van der Waals surface area contributed by atoms with Crippen molar-refractivity contribution >= 4 is 23.4 Å². The maximum atomic E-state index is 11.5. The molecular formula is C14H19ClN2O3. The number of benzene rings is 1. The Balaban J connectivity index is 2.31. The van der Waals surface area contributed by atoms with Gasteiger partial charge in [-0.2, -0.15) is 0 Å². The number of hydrogen-bond acceptors (Lipinski definition) is 3. The predicted molar refractivity (Wildman–Crippen MR) is 77.9 cm³/mol. The third-order valence-corrected chi connectivity index (χ3v) is 2.47. The van der Waals surface area contributed by atoms with Crippen molar-refractivity contribution in [2.45, 2.75) is 26.3 Å². The van der Waals surface area contributed by atoms with E-state index in [-0.39, 0.29) is 30.5 Å². The Morgan fingerprint density at radius 1 is 1.20 bits per heavy atom. The fraction of sp³-hybridized carbons (Fsp3) is 0.429. The van der Waals surface area contributed by atoms with E-state index < -0.39 is 0 Å². The Labute approximate surface area is 123 Å². The van der Waals surface area contributed by atoms with Gasteiger partial charge in [0.05, 0.1) is 11.6 Å². The van der Waals surface area contributed by atoms with E-state index in [9.17, 15) is 9.59 Å². The smallest absolute Gasteiger partial charge is 0.258 e. The fourth-order valence-corrected chi connectivity index (χ4v) is 1.59. The number of nitrogens with one attached hydrogen (secondary N) is 2. The molecule has 5 nitrogen and oxygen atoms in total. The molecule has 0 fully saturated rings. The van der Waals surface area contributed by atoms with E-state index in [0.717, 1.165) is 0 Å². The highest BCUT2D eigenvalue weighted by atomic mass is 35.5. The number of hydrogen-bond donors (Lipinski definition) is 2. The third-order valence-electron chi connectivity index (χ3n) is 2.16. The topological polar surface area (TPSA) is 67.4 Å². The van der Waals surface area contributed by atoms with E-state index in [2.05, 4.69) is 10.6 Å². The lowest BCUT2D eigenvalue weighted by Gasteiger charge is -2.20. The SMILES string of the molecule is CC(C)(C)NC(=O)CNC(=O)COc1ccccc1Cl. The number of rotatable bonds is 5. The molecule has 0 unspecified atom stereocenters. The Morgan fingerprint density at radius 2 is 1.85 bits per heavy atom. The van der Waals surface area contributed by atoms with Crippen LogP contribution < -0.4 is 15.4 Å². The molecule has 0 aliphatic heterocycles. The summed E-state index contributed by atoms with van der Waals surface area (Å²) < 4.78 is 5.26. The molecule has 110 valence electrons. The van der Waals surface area contributed by atoms with Gasteiger partial charge in [-0.15, -0.1) is 0 Å². The van der Waals surface area contributed by atoms with Crippen molar-refractivity contribution in [1.29, 1.82) is 0 Å². The first-order valence-corrected chi connectivity index (χ1v) is 6.61. The molecule has 6 heteroatoms. The second-order valence-electron chi connectivity index (χ2n) is 5.29. The van der Waals surface area contributed by atoms with E-state index >= 15 is 0 Å². The van der Waals surface area contributed by atoms with Gasteiger partial charge in [-0.3, -0.25) is 9.59 Å². The minimum atomic E-state index is -0.381. The Kier molecular flexibility index (Phi) is 5.82. The van der Waals surface area contributed by atoms with Crippen LogP contribution in [-0.2, 0) is 9.59 Å². The first-order valence-electron chi connectivity index (χ1n) is 6.23. The van der Waals surface area contributed by atoms with Crippen LogP contribution in [0.1, 0.15) is 20.8 Å². The quantitative estimate of drug-likeness (QED) is 0.870. The minimum absolute atomic E-state index is 0.0814. The van der Waals surface area contributed by atoms with Crippen LogP contribution in [0.15, 0.2) is 24.3 Å². The molecule has 0 aliphatic rings. The highest BCUT2D eigenvalue weighted by molar-refractivity contribution is 6.32. The van der Waals surface area contributed by atoms with E-state index in [1.54, 1.807) is 24.3 Å². The Morgan fingerprint density at radius 3 is 2.45 bits per heavy atom. The molecule has 0 atom stereocenters. The molecule has 0 saturated heterocycles. The number of amides is 2. The van der Waals surface area contributed by atoms with Crippen molar-refractivity contribution in [3.8, 4) is 5.75 Å². The van der Waals surface area contributed by atoms with Gasteiger partial charge in [0.1, 0.15) is 5.75 Å². The summed E-state index contributed by atoms with van der Waals surface area (Å²) in [5, 5.41) is 5.65. The maximum absolute atomic E-state index is 11.5. The molecule has 0 aliphatic carbocycles. The molecule has 2 amide bonds. The zero-order valence-electron chi connectivity index (χ0n) is 11.8. The fourth-order valence-electron chi connectivity index (χ4n) is 1.40. The van der Waals surface area contributed by atoms with E-state index in [0.29, 0.717) is 10.8 Å². The molecule has 0 heterocycles. The Hall–Kier alpha value is -1.75. The van der Waals surface area contributed by atoms with Crippen molar-refractivity contribution < 1.29 is 14.3 Å². The normalized spacial score (nSPS) is 10.8. The van der Waals surface area contributed by atoms with Crippen molar-refractivity contribution in [2.24, 2.45) is 0 Å². The number of halogens is 1. The van der Waals surface area contributed by atoms with Crippen LogP contribution in [0.25, 0.3) is 0 Å². The molecule has 0 aromatic heterocycles. The van der Waals surface area contributed by atoms with Crippen LogP contribution in [-0.4, -0.2) is 30.5 Å². The lowest BCUT2D eigenvalue weighted by molar-refractivity contribution is -0.127. The molecule has 1 aromatic carbocycles. The van der Waals surface area contributed by atoms with E-state index in [1.807, 2.05) is 20.8 Å². The summed E-state index contributed by atoms with van der Waals surface area (Å²) in [6.45, 7) is 5.34. The molecule has 2 N–H and O–H groups in total. The highest BCUT2D eigenvalue weighted by Gasteiger charge is 2.14. The van der Waals surface area contributed by atoms with Gasteiger partial charge in [0.2, 0.25) is 5.91 Å². The van der Waals surface area contributed by atoms with Crippen LogP contribution in [0.2, 0.25) is 5.02 Å². The lowest BCUT2D eigenvalue weighted by atomic mass is 10.1. The summed E-state index contributed by atoms with van der Waals surface area (Å²) in [6, 6.07) is 6.87. The number of para-hydroxylation sites is 1. The molecule has 1 rings (SSSR count). The largest absolute Gasteiger partial charge is 0.482 e. The van der Waals surface area contributed by atoms with Crippen LogP contribution in [0, 0.1) is 0 Å². The molecule has 20 heavy (non-hydrogen) atoms. The summed E-state index contributed by atoms with van der Waals surface area (Å²) >= 11 is 5.89. The predicted octanol–water partition coefficient (Wildman–Crippen LogP) is 1.75. The van der Waals surface area contributed by atoms with Gasteiger partial charge in [0.15, 0.2) is 6.61 Å². The van der Waals surface area contributed by atoms with Crippen LogP contribution >= 0.6 is 11.6 Å². The van der Waals surface area contributed by atoms with Gasteiger partial charge in [0, 0.05) is 5.54 Å². The average Bonchev–Trinajstić information content (AvgIpc) is 2.33. The van der Waals surface area contributed by atoms with Crippen molar-refractivity contribution in [1.82, 2.24) is 10.6 Å². The molecule has 0 bridgehead atoms. The van der Waals surface area contributed by atoms with Gasteiger partial charge >= 0.3 is 0 Å². The molecular weight excluding hydrogens is 280 g/mol. The second-order valence-corrected chi connectivity index (χ2v) is 5.70. The summed E-state index contributed by atoms with van der Waals surface area (Å²) in [7, 11) is 0. The number of carbonyl (C=O) groups is 2. The molecule has 0 saturated carbocycles. The third kappa shape index (κ3) is 6.43. The maximum Gasteiger partial charge on any atom is 0.258 e. The van der Waals surface area contributed by atoms with Crippen LogP contribution in [0.4, 0.5) is 0 Å². The van der Waals surface area contributed by atoms with E-state index in [4.69, 9.17) is 16.3 Å². The summed E-state index contributed by atoms with van der Waals surface area (Å²) in [5.41, 5.74) is -0.324. The minimum Gasteiger partial charge on any atom is -0.482 e. The first kappa shape index (κ1) is 16.3. The summed E-state index contributed by atoms with van der Waals surface area (Å²) in [6.07, 6.45) is 0. The highest BCUT2D eigenvalue weighted by Crippen LogP contribution is 2.22. The van der Waals surface area contributed by atoms with Crippen molar-refractivity contribution in [3.05, 3.63) is 29.3 Å². The van der Waals surface area contributed by atoms with Crippen LogP contribution in [0.5, 0.6) is 5.75 Å². The van der Waals surface area contributed by atoms with E-state index in [1.165, 1.54) is 0 Å². The Bertz CT molecular complexity index is 484. The summed E-state index contributed by atoms with van der Waals surface area (Å²) in [5.74, 6) is -0.193. The zero-order chi connectivity index (χ0) is 15.2. The van der Waals surface area contributed by atoms with Crippen molar-refractivity contribution in [3.63, 3.8) is 0 Å². The number of carbonyl (C=O) groups excluding carboxylic acids is 2. The van der Waals surface area contributed by atoms with Gasteiger partial charge < -0.3 is 15.4 Å². The average molecular weight is 299 g/mol. The number of ether oxygens (including phenoxy) is 1. The van der Waals surface area contributed by atoms with Gasteiger partial charge in [-0.1, -0.05) is 23.7 Å². The van der Waals surface area contributed by atoms with Gasteiger partial charge in [-0.05, 0) is 32.9 Å². The van der Waals surface area contributed by atoms with Crippen LogP contribution in [0.3, 0.4) is 0 Å². The van der Waals surface area contributed by atoms with Gasteiger partial charge in [-0.25, -0.2) is 0 Å². The first-order chi connectivity index (χ1) is 9.28. The zero-order valence-corrected chi connectivity index (χ0v) is 12.6. The standard InChI is InChI=1S/C14H19ClN2O3/c1-14(2,3)17-12(18)8-16-13(19)9-20-11-7-5-4-6-10(11)15/h4-7H,8-9H2,1-3H3,(H,16,19)(H,17,18). The second kappa shape index (κ2) is 7.14. The monoisotopic (exact) mass is 298 g/mol.